The first-order chi connectivity index (χ1) is 12.5. The summed E-state index contributed by atoms with van der Waals surface area (Å²) in [6.45, 7) is 2.91. The topological polar surface area (TPSA) is 79.6 Å². The Labute approximate surface area is 162 Å². The lowest BCUT2D eigenvalue weighted by atomic mass is 10.1. The molecule has 140 valence electrons. The Morgan fingerprint density at radius 3 is 2.62 bits per heavy atom. The summed E-state index contributed by atoms with van der Waals surface area (Å²) >= 11 is 3.40. The fraction of sp³-hybridized carbons (Fsp3) is 0.526. The highest BCUT2D eigenvalue weighted by atomic mass is 79.9. The van der Waals surface area contributed by atoms with E-state index in [2.05, 4.69) is 22.0 Å². The van der Waals surface area contributed by atoms with Gasteiger partial charge in [-0.2, -0.15) is 5.26 Å². The Kier molecular flexibility index (Phi) is 8.07. The standard InChI is InChI=1S/C19H23BrN2O4/c1-14-9-11-25-18(23)7-6-17(12-21)22(10-8-19(24)26-14)13-15-2-4-16(20)5-3-15/h2-5,14,17H,6-11,13H2,1H3. The first-order valence-electron chi connectivity index (χ1n) is 8.71. The quantitative estimate of drug-likeness (QED) is 0.680. The van der Waals surface area contributed by atoms with Crippen molar-refractivity contribution in [3.05, 3.63) is 34.3 Å². The van der Waals surface area contributed by atoms with Crippen LogP contribution in [0, 0.1) is 11.3 Å². The smallest absolute Gasteiger partial charge is 0.307 e. The minimum Gasteiger partial charge on any atom is -0.466 e. The Bertz CT molecular complexity index is 656. The van der Waals surface area contributed by atoms with Gasteiger partial charge in [-0.3, -0.25) is 14.5 Å². The van der Waals surface area contributed by atoms with Crippen molar-refractivity contribution >= 4 is 27.9 Å². The van der Waals surface area contributed by atoms with Gasteiger partial charge in [0.15, 0.2) is 0 Å². The normalized spacial score (nSPS) is 23.6. The monoisotopic (exact) mass is 422 g/mol. The number of ether oxygens (including phenoxy) is 2. The van der Waals surface area contributed by atoms with Gasteiger partial charge >= 0.3 is 11.9 Å². The fourth-order valence-corrected chi connectivity index (χ4v) is 3.01. The summed E-state index contributed by atoms with van der Waals surface area (Å²) in [5.74, 6) is -0.632. The molecule has 1 saturated heterocycles. The van der Waals surface area contributed by atoms with Gasteiger partial charge < -0.3 is 9.47 Å². The molecule has 1 aliphatic heterocycles. The zero-order valence-corrected chi connectivity index (χ0v) is 16.4. The molecule has 26 heavy (non-hydrogen) atoms. The van der Waals surface area contributed by atoms with Crippen molar-refractivity contribution in [2.45, 2.75) is 51.3 Å². The van der Waals surface area contributed by atoms with Crippen LogP contribution < -0.4 is 0 Å². The summed E-state index contributed by atoms with van der Waals surface area (Å²) < 4.78 is 11.5. The molecular formula is C19H23BrN2O4. The van der Waals surface area contributed by atoms with Crippen LogP contribution in [0.25, 0.3) is 0 Å². The third kappa shape index (κ3) is 6.77. The first kappa shape index (κ1) is 20.4. The highest BCUT2D eigenvalue weighted by molar-refractivity contribution is 9.10. The molecular weight excluding hydrogens is 400 g/mol. The van der Waals surface area contributed by atoms with Gasteiger partial charge in [-0.1, -0.05) is 28.1 Å². The second-order valence-electron chi connectivity index (χ2n) is 6.34. The Hall–Kier alpha value is -1.91. The maximum Gasteiger partial charge on any atom is 0.307 e. The lowest BCUT2D eigenvalue weighted by Gasteiger charge is -2.27. The Balaban J connectivity index is 2.13. The molecule has 1 aliphatic rings. The number of cyclic esters (lactones) is 2. The number of esters is 2. The average Bonchev–Trinajstić information content (AvgIpc) is 2.61. The van der Waals surface area contributed by atoms with Crippen LogP contribution in [-0.4, -0.2) is 42.1 Å². The van der Waals surface area contributed by atoms with Crippen LogP contribution in [0.2, 0.25) is 0 Å². The Morgan fingerprint density at radius 2 is 1.92 bits per heavy atom. The number of carbonyl (C=O) groups excluding carboxylic acids is 2. The van der Waals surface area contributed by atoms with E-state index < -0.39 is 6.04 Å². The maximum atomic E-state index is 12.1. The Morgan fingerprint density at radius 1 is 1.19 bits per heavy atom. The molecule has 6 nitrogen and oxygen atoms in total. The van der Waals surface area contributed by atoms with E-state index >= 15 is 0 Å². The number of benzene rings is 1. The molecule has 0 spiro atoms. The van der Waals surface area contributed by atoms with E-state index in [1.54, 1.807) is 6.92 Å². The number of carbonyl (C=O) groups is 2. The van der Waals surface area contributed by atoms with Crippen molar-refractivity contribution in [1.29, 1.82) is 5.26 Å². The third-order valence-corrected chi connectivity index (χ3v) is 4.76. The minimum absolute atomic E-state index is 0.179. The molecule has 0 saturated carbocycles. The lowest BCUT2D eigenvalue weighted by molar-refractivity contribution is -0.150. The van der Waals surface area contributed by atoms with Crippen LogP contribution in [0.4, 0.5) is 0 Å². The zero-order valence-electron chi connectivity index (χ0n) is 14.8. The third-order valence-electron chi connectivity index (χ3n) is 4.23. The van der Waals surface area contributed by atoms with Crippen LogP contribution in [0.3, 0.4) is 0 Å². The molecule has 2 rings (SSSR count). The molecule has 1 heterocycles. The number of nitrogens with zero attached hydrogens (tertiary/aromatic N) is 2. The molecule has 0 aromatic heterocycles. The minimum atomic E-state index is -0.475. The van der Waals surface area contributed by atoms with Crippen molar-refractivity contribution in [2.24, 2.45) is 0 Å². The van der Waals surface area contributed by atoms with E-state index in [1.807, 2.05) is 29.2 Å². The maximum absolute atomic E-state index is 12.1. The average molecular weight is 423 g/mol. The molecule has 2 atom stereocenters. The van der Waals surface area contributed by atoms with Crippen molar-refractivity contribution < 1.29 is 19.1 Å². The number of rotatable bonds is 2. The van der Waals surface area contributed by atoms with Crippen LogP contribution in [0.1, 0.15) is 38.2 Å². The van der Waals surface area contributed by atoms with E-state index in [4.69, 9.17) is 9.47 Å². The van der Waals surface area contributed by atoms with Gasteiger partial charge in [0.25, 0.3) is 0 Å². The van der Waals surface area contributed by atoms with Crippen LogP contribution in [0.15, 0.2) is 28.7 Å². The van der Waals surface area contributed by atoms with Gasteiger partial charge in [0.2, 0.25) is 0 Å². The molecule has 2 unspecified atom stereocenters. The molecule has 1 aromatic rings. The fourth-order valence-electron chi connectivity index (χ4n) is 2.74. The summed E-state index contributed by atoms with van der Waals surface area (Å²) in [6, 6.07) is 9.58. The molecule has 7 heteroatoms. The van der Waals surface area contributed by atoms with Gasteiger partial charge in [0.05, 0.1) is 25.1 Å². The van der Waals surface area contributed by atoms with E-state index in [1.165, 1.54) is 0 Å². The summed E-state index contributed by atoms with van der Waals surface area (Å²) in [4.78, 5) is 25.8. The van der Waals surface area contributed by atoms with Crippen LogP contribution >= 0.6 is 15.9 Å². The van der Waals surface area contributed by atoms with Gasteiger partial charge in [0, 0.05) is 30.4 Å². The number of halogens is 1. The zero-order chi connectivity index (χ0) is 18.9. The molecule has 0 aliphatic carbocycles. The van der Waals surface area contributed by atoms with Gasteiger partial charge in [-0.25, -0.2) is 0 Å². The van der Waals surface area contributed by atoms with Gasteiger partial charge in [0.1, 0.15) is 6.10 Å². The number of nitriles is 1. The lowest BCUT2D eigenvalue weighted by Crippen LogP contribution is -2.36. The predicted molar refractivity (Wildman–Crippen MR) is 98.9 cm³/mol. The van der Waals surface area contributed by atoms with E-state index in [-0.39, 0.29) is 37.5 Å². The van der Waals surface area contributed by atoms with Gasteiger partial charge in [-0.05, 0) is 31.0 Å². The van der Waals surface area contributed by atoms with Crippen LogP contribution in [-0.2, 0) is 25.6 Å². The van der Waals surface area contributed by atoms with Crippen molar-refractivity contribution in [3.63, 3.8) is 0 Å². The molecule has 1 fully saturated rings. The molecule has 1 aromatic carbocycles. The summed E-state index contributed by atoms with van der Waals surface area (Å²) in [7, 11) is 0. The van der Waals surface area contributed by atoms with Crippen LogP contribution in [0.5, 0.6) is 0 Å². The number of hydrogen-bond donors (Lipinski definition) is 0. The van der Waals surface area contributed by atoms with E-state index in [9.17, 15) is 14.9 Å². The summed E-state index contributed by atoms with van der Waals surface area (Å²) in [6.07, 6.45) is 0.923. The van der Waals surface area contributed by atoms with Gasteiger partial charge in [-0.15, -0.1) is 0 Å². The van der Waals surface area contributed by atoms with E-state index in [0.717, 1.165) is 10.0 Å². The second kappa shape index (κ2) is 10.3. The SMILES string of the molecule is CC1CCOC(=O)CCC(C#N)N(Cc2ccc(Br)cc2)CCC(=O)O1. The summed E-state index contributed by atoms with van der Waals surface area (Å²) in [5.41, 5.74) is 1.03. The van der Waals surface area contributed by atoms with Crippen molar-refractivity contribution in [2.75, 3.05) is 13.2 Å². The first-order valence-corrected chi connectivity index (χ1v) is 9.50. The summed E-state index contributed by atoms with van der Waals surface area (Å²) in [5, 5.41) is 9.57. The van der Waals surface area contributed by atoms with Crippen molar-refractivity contribution in [1.82, 2.24) is 4.90 Å². The largest absolute Gasteiger partial charge is 0.466 e. The second-order valence-corrected chi connectivity index (χ2v) is 7.26. The molecule has 0 amide bonds. The highest BCUT2D eigenvalue weighted by Gasteiger charge is 2.22. The molecule has 0 bridgehead atoms. The van der Waals surface area contributed by atoms with Crippen molar-refractivity contribution in [3.8, 4) is 6.07 Å². The number of hydrogen-bond acceptors (Lipinski definition) is 6. The predicted octanol–water partition coefficient (Wildman–Crippen LogP) is 3.19. The highest BCUT2D eigenvalue weighted by Crippen LogP contribution is 2.17. The molecule has 0 N–H and O–H groups in total. The molecule has 0 radical (unpaired) electrons. The van der Waals surface area contributed by atoms with E-state index in [0.29, 0.717) is 25.9 Å².